The van der Waals surface area contributed by atoms with Crippen molar-refractivity contribution in [3.05, 3.63) is 78.6 Å². The maximum absolute atomic E-state index is 13.4. The molecule has 2 aromatic rings. The summed E-state index contributed by atoms with van der Waals surface area (Å²) in [4.78, 5) is 40.3. The molecule has 1 aromatic carbocycles. The van der Waals surface area contributed by atoms with E-state index in [2.05, 4.69) is 6.07 Å². The summed E-state index contributed by atoms with van der Waals surface area (Å²) in [5, 5.41) is 22.1. The number of nitro groups is 1. The molecule has 196 valence electrons. The van der Waals surface area contributed by atoms with E-state index in [4.69, 9.17) is 10.5 Å². The summed E-state index contributed by atoms with van der Waals surface area (Å²) in [5.41, 5.74) is 10.0. The Kier molecular flexibility index (Phi) is 7.04. The van der Waals surface area contributed by atoms with Crippen LogP contribution < -0.4 is 10.6 Å². The topological polar surface area (TPSA) is 140 Å². The summed E-state index contributed by atoms with van der Waals surface area (Å²) in [7, 11) is 0. The Bertz CT molecular complexity index is 1430. The number of ketones is 1. The third-order valence-electron chi connectivity index (χ3n) is 7.44. The predicted molar refractivity (Wildman–Crippen MR) is 143 cm³/mol. The molecule has 38 heavy (non-hydrogen) atoms. The fourth-order valence-corrected chi connectivity index (χ4v) is 7.16. The van der Waals surface area contributed by atoms with Crippen LogP contribution in [-0.4, -0.2) is 23.3 Å². The minimum absolute atomic E-state index is 0.0787. The van der Waals surface area contributed by atoms with Gasteiger partial charge < -0.3 is 10.5 Å². The van der Waals surface area contributed by atoms with Gasteiger partial charge in [0.1, 0.15) is 10.8 Å². The Morgan fingerprint density at radius 2 is 1.92 bits per heavy atom. The van der Waals surface area contributed by atoms with Gasteiger partial charge in [0.25, 0.3) is 5.69 Å². The van der Waals surface area contributed by atoms with Crippen LogP contribution in [-0.2, 0) is 22.4 Å². The van der Waals surface area contributed by atoms with Crippen molar-refractivity contribution in [2.24, 2.45) is 5.73 Å². The maximum atomic E-state index is 13.4. The monoisotopic (exact) mass is 532 g/mol. The highest BCUT2D eigenvalue weighted by atomic mass is 32.1. The number of nitriles is 1. The molecule has 5 rings (SSSR count). The number of ether oxygens (including phenoxy) is 1. The third kappa shape index (κ3) is 4.27. The van der Waals surface area contributed by atoms with Crippen LogP contribution in [0.4, 0.5) is 10.7 Å². The minimum Gasteiger partial charge on any atom is -0.462 e. The van der Waals surface area contributed by atoms with Crippen molar-refractivity contribution in [3.63, 3.8) is 0 Å². The van der Waals surface area contributed by atoms with Gasteiger partial charge in [-0.25, -0.2) is 4.79 Å². The molecule has 10 heteroatoms. The first kappa shape index (κ1) is 25.7. The molecule has 0 unspecified atom stereocenters. The average molecular weight is 533 g/mol. The van der Waals surface area contributed by atoms with Gasteiger partial charge in [-0.2, -0.15) is 5.26 Å². The highest BCUT2D eigenvalue weighted by molar-refractivity contribution is 7.16. The molecule has 3 aliphatic rings. The zero-order chi connectivity index (χ0) is 27.0. The van der Waals surface area contributed by atoms with Crippen molar-refractivity contribution >= 4 is 33.8 Å². The Morgan fingerprint density at radius 1 is 1.18 bits per heavy atom. The minimum atomic E-state index is -0.733. The molecule has 9 nitrogen and oxygen atoms in total. The number of thiophene rings is 1. The number of anilines is 1. The first-order valence-electron chi connectivity index (χ1n) is 12.9. The second-order valence-electron chi connectivity index (χ2n) is 9.63. The molecule has 0 bridgehead atoms. The third-order valence-corrected chi connectivity index (χ3v) is 8.71. The average Bonchev–Trinajstić information content (AvgIpc) is 3.10. The molecular weight excluding hydrogens is 504 g/mol. The fourth-order valence-electron chi connectivity index (χ4n) is 5.74. The van der Waals surface area contributed by atoms with E-state index in [9.17, 15) is 25.0 Å². The van der Waals surface area contributed by atoms with E-state index in [0.29, 0.717) is 46.7 Å². The van der Waals surface area contributed by atoms with Crippen molar-refractivity contribution in [1.82, 2.24) is 0 Å². The standard InChI is InChI=1S/C28H28N4O5S/c1-2-37-28(34)24-18-7-4-3-5-10-22(18)38-27(24)31-20-8-6-9-21(33)25(20)23(19(15-29)26(31)30)16-11-13-17(14-12-16)32(35)36/h11-14,23H,2-10,30H2,1H3/t23-/m0/s1. The van der Waals surface area contributed by atoms with Gasteiger partial charge in [-0.1, -0.05) is 18.6 Å². The number of carbonyl (C=O) groups excluding carboxylic acids is 2. The number of allylic oxidation sites excluding steroid dienone is 3. The SMILES string of the molecule is CCOC(=O)c1c(N2C(N)=C(C#N)[C@H](c3ccc([N+](=O)[O-])cc3)C3=C2CCCC3=O)sc2c1CCCCC2. The van der Waals surface area contributed by atoms with Gasteiger partial charge >= 0.3 is 5.97 Å². The number of hydrogen-bond acceptors (Lipinski definition) is 9. The Hall–Kier alpha value is -3.97. The maximum Gasteiger partial charge on any atom is 0.341 e. The normalized spacial score (nSPS) is 19.4. The molecule has 2 aliphatic carbocycles. The number of aryl methyl sites for hydroxylation is 1. The number of non-ortho nitro benzene ring substituents is 1. The van der Waals surface area contributed by atoms with E-state index < -0.39 is 16.8 Å². The number of fused-ring (bicyclic) bond motifs is 1. The van der Waals surface area contributed by atoms with Crippen LogP contribution in [0.15, 0.2) is 46.9 Å². The van der Waals surface area contributed by atoms with Crippen LogP contribution in [0, 0.1) is 21.4 Å². The Labute approximate surface area is 224 Å². The lowest BCUT2D eigenvalue weighted by molar-refractivity contribution is -0.384. The summed E-state index contributed by atoms with van der Waals surface area (Å²) in [6.45, 7) is 1.99. The number of nitrogens with zero attached hydrogens (tertiary/aromatic N) is 3. The highest BCUT2D eigenvalue weighted by Gasteiger charge is 2.42. The Balaban J connectivity index is 1.73. The van der Waals surface area contributed by atoms with Crippen molar-refractivity contribution in [3.8, 4) is 6.07 Å². The van der Waals surface area contributed by atoms with Gasteiger partial charge in [0.2, 0.25) is 0 Å². The summed E-state index contributed by atoms with van der Waals surface area (Å²) < 4.78 is 5.47. The van der Waals surface area contributed by atoms with Gasteiger partial charge in [-0.05, 0) is 56.6 Å². The first-order valence-corrected chi connectivity index (χ1v) is 13.7. The smallest absolute Gasteiger partial charge is 0.341 e. The predicted octanol–water partition coefficient (Wildman–Crippen LogP) is 5.41. The zero-order valence-corrected chi connectivity index (χ0v) is 21.9. The number of rotatable bonds is 5. The van der Waals surface area contributed by atoms with Crippen LogP contribution in [0.25, 0.3) is 0 Å². The summed E-state index contributed by atoms with van der Waals surface area (Å²) in [6, 6.07) is 8.11. The van der Waals surface area contributed by atoms with Crippen LogP contribution in [0.1, 0.15) is 77.7 Å². The van der Waals surface area contributed by atoms with Gasteiger partial charge in [0.15, 0.2) is 5.78 Å². The lowest BCUT2D eigenvalue weighted by Gasteiger charge is -2.39. The molecule has 1 atom stereocenters. The van der Waals surface area contributed by atoms with E-state index >= 15 is 0 Å². The molecule has 0 radical (unpaired) electrons. The molecular formula is C28H28N4O5S. The number of nitrogens with two attached hydrogens (primary N) is 1. The van der Waals surface area contributed by atoms with Gasteiger partial charge in [-0.15, -0.1) is 11.3 Å². The molecule has 1 aromatic heterocycles. The highest BCUT2D eigenvalue weighted by Crippen LogP contribution is 2.50. The van der Waals surface area contributed by atoms with Crippen LogP contribution in [0.5, 0.6) is 0 Å². The van der Waals surface area contributed by atoms with E-state index in [-0.39, 0.29) is 29.5 Å². The Morgan fingerprint density at radius 3 is 2.61 bits per heavy atom. The molecule has 0 saturated heterocycles. The molecule has 2 heterocycles. The number of nitro benzene ring substituents is 1. The van der Waals surface area contributed by atoms with Crippen molar-refractivity contribution in [2.75, 3.05) is 11.5 Å². The molecule has 2 N–H and O–H groups in total. The quantitative estimate of drug-likeness (QED) is 0.233. The van der Waals surface area contributed by atoms with Gasteiger partial charge in [0, 0.05) is 34.7 Å². The number of Topliss-reactive ketones (excluding diaryl/α,β-unsaturated/α-hetero) is 1. The van der Waals surface area contributed by atoms with Gasteiger partial charge in [0.05, 0.1) is 34.7 Å². The van der Waals surface area contributed by atoms with Crippen molar-refractivity contribution in [1.29, 1.82) is 5.26 Å². The lowest BCUT2D eigenvalue weighted by Crippen LogP contribution is -2.39. The number of esters is 1. The zero-order valence-electron chi connectivity index (χ0n) is 21.1. The number of benzene rings is 1. The largest absolute Gasteiger partial charge is 0.462 e. The summed E-state index contributed by atoms with van der Waals surface area (Å²) >= 11 is 1.49. The van der Waals surface area contributed by atoms with Crippen LogP contribution in [0.3, 0.4) is 0 Å². The number of hydrogen-bond donors (Lipinski definition) is 1. The van der Waals surface area contributed by atoms with E-state index in [1.165, 1.54) is 23.5 Å². The molecule has 1 aliphatic heterocycles. The fraction of sp³-hybridized carbons (Fsp3) is 0.393. The molecule has 0 amide bonds. The van der Waals surface area contributed by atoms with E-state index in [1.807, 2.05) is 0 Å². The molecule has 0 spiro atoms. The van der Waals surface area contributed by atoms with E-state index in [0.717, 1.165) is 42.5 Å². The molecule has 0 fully saturated rings. The van der Waals surface area contributed by atoms with E-state index in [1.54, 1.807) is 24.0 Å². The second kappa shape index (κ2) is 10.4. The van der Waals surface area contributed by atoms with Crippen molar-refractivity contribution in [2.45, 2.75) is 64.2 Å². The number of carbonyl (C=O) groups is 2. The van der Waals surface area contributed by atoms with Crippen LogP contribution in [0.2, 0.25) is 0 Å². The first-order chi connectivity index (χ1) is 18.4. The summed E-state index contributed by atoms with van der Waals surface area (Å²) in [5.74, 6) is -1.07. The van der Waals surface area contributed by atoms with Crippen molar-refractivity contribution < 1.29 is 19.2 Å². The summed E-state index contributed by atoms with van der Waals surface area (Å²) in [6.07, 6.45) is 6.21. The van der Waals surface area contributed by atoms with Crippen LogP contribution >= 0.6 is 11.3 Å². The molecule has 0 saturated carbocycles. The van der Waals surface area contributed by atoms with Gasteiger partial charge in [-0.3, -0.25) is 19.8 Å². The second-order valence-corrected chi connectivity index (χ2v) is 10.7. The lowest BCUT2D eigenvalue weighted by atomic mass is 9.75.